The average Bonchev–Trinajstić information content (AvgIpc) is 3.23. The largest absolute Gasteiger partial charge is 0.459 e. The van der Waals surface area contributed by atoms with Gasteiger partial charge in [0.25, 0.3) is 0 Å². The van der Waals surface area contributed by atoms with Gasteiger partial charge in [-0.15, -0.1) is 0 Å². The summed E-state index contributed by atoms with van der Waals surface area (Å²) in [6.45, 7) is 4.54. The Labute approximate surface area is 172 Å². The van der Waals surface area contributed by atoms with Gasteiger partial charge in [0.05, 0.1) is 5.92 Å². The zero-order chi connectivity index (χ0) is 21.7. The number of hydrogen-bond donors (Lipinski definition) is 1. The molecule has 2 fully saturated rings. The van der Waals surface area contributed by atoms with E-state index in [9.17, 15) is 22.8 Å². The van der Waals surface area contributed by atoms with Crippen LogP contribution < -0.4 is 5.32 Å². The number of nitrogens with zero attached hydrogens (tertiary/aromatic N) is 4. The summed E-state index contributed by atoms with van der Waals surface area (Å²) in [6.07, 6.45) is -1.48. The van der Waals surface area contributed by atoms with E-state index < -0.39 is 29.8 Å². The van der Waals surface area contributed by atoms with Crippen LogP contribution in [0.5, 0.6) is 0 Å². The molecule has 1 aromatic rings. The number of ether oxygens (including phenoxy) is 1. The molecule has 1 N–H and O–H groups in total. The number of piperidine rings is 1. The molecule has 0 saturated carbocycles. The highest BCUT2D eigenvalue weighted by atomic mass is 19.4. The number of carbonyl (C=O) groups is 2. The Hall–Kier alpha value is -2.33. The standard InChI is InChI=1S/C19H26F3N5O3/c1-18(2)8-12(16(29)30-18)6-15(28)26-5-3-4-11(9-26)13-7-14(19(20,21)22)27-17(25-13)23-10-24-27/h10-14H,3-9H2,1-2H3,(H,23,24,25)/t11-,12-,13-,14+/m0/s1. The minimum atomic E-state index is -4.43. The number of aromatic nitrogens is 3. The summed E-state index contributed by atoms with van der Waals surface area (Å²) < 4.78 is 46.8. The van der Waals surface area contributed by atoms with E-state index in [0.717, 1.165) is 17.4 Å². The molecular weight excluding hydrogens is 403 g/mol. The van der Waals surface area contributed by atoms with Crippen molar-refractivity contribution in [3.8, 4) is 0 Å². The molecule has 30 heavy (non-hydrogen) atoms. The fourth-order valence-corrected chi connectivity index (χ4v) is 4.86. The van der Waals surface area contributed by atoms with E-state index in [4.69, 9.17) is 4.74 Å². The first-order valence-corrected chi connectivity index (χ1v) is 10.3. The summed E-state index contributed by atoms with van der Waals surface area (Å²) >= 11 is 0. The highest BCUT2D eigenvalue weighted by molar-refractivity contribution is 5.84. The van der Waals surface area contributed by atoms with Crippen LogP contribution in [0.2, 0.25) is 0 Å². The monoisotopic (exact) mass is 429 g/mol. The molecule has 0 aliphatic carbocycles. The second-order valence-electron chi connectivity index (χ2n) is 9.10. The summed E-state index contributed by atoms with van der Waals surface area (Å²) in [5.74, 6) is -0.999. The first-order chi connectivity index (χ1) is 14.0. The van der Waals surface area contributed by atoms with E-state index in [0.29, 0.717) is 25.9 Å². The van der Waals surface area contributed by atoms with Crippen molar-refractivity contribution < 1.29 is 27.5 Å². The predicted molar refractivity (Wildman–Crippen MR) is 99.3 cm³/mol. The summed E-state index contributed by atoms with van der Waals surface area (Å²) in [5, 5.41) is 6.79. The number of hydrogen-bond acceptors (Lipinski definition) is 6. The van der Waals surface area contributed by atoms with Gasteiger partial charge in [-0.2, -0.15) is 23.3 Å². The second-order valence-corrected chi connectivity index (χ2v) is 9.10. The van der Waals surface area contributed by atoms with E-state index in [1.807, 2.05) is 13.8 Å². The number of nitrogens with one attached hydrogen (secondary N) is 1. The highest BCUT2D eigenvalue weighted by Gasteiger charge is 2.48. The van der Waals surface area contributed by atoms with Gasteiger partial charge in [0.2, 0.25) is 11.9 Å². The minimum absolute atomic E-state index is 0.0760. The fourth-order valence-electron chi connectivity index (χ4n) is 4.86. The van der Waals surface area contributed by atoms with Gasteiger partial charge in [-0.3, -0.25) is 9.59 Å². The van der Waals surface area contributed by atoms with Crippen LogP contribution in [0.3, 0.4) is 0 Å². The Morgan fingerprint density at radius 2 is 2.17 bits per heavy atom. The van der Waals surface area contributed by atoms with Crippen molar-refractivity contribution in [2.24, 2.45) is 11.8 Å². The molecule has 1 amide bonds. The van der Waals surface area contributed by atoms with Crippen molar-refractivity contribution >= 4 is 17.8 Å². The molecule has 0 unspecified atom stereocenters. The summed E-state index contributed by atoms with van der Waals surface area (Å²) in [6, 6.07) is -2.19. The number of cyclic esters (lactones) is 1. The molecule has 4 rings (SSSR count). The third-order valence-corrected chi connectivity index (χ3v) is 6.29. The van der Waals surface area contributed by atoms with Crippen molar-refractivity contribution in [1.29, 1.82) is 0 Å². The van der Waals surface area contributed by atoms with Crippen LogP contribution in [-0.4, -0.2) is 62.4 Å². The Balaban J connectivity index is 1.42. The molecule has 4 heterocycles. The lowest BCUT2D eigenvalue weighted by Crippen LogP contribution is -2.49. The topological polar surface area (TPSA) is 89.4 Å². The van der Waals surface area contributed by atoms with Crippen LogP contribution in [0.15, 0.2) is 6.33 Å². The highest BCUT2D eigenvalue weighted by Crippen LogP contribution is 2.41. The third kappa shape index (κ3) is 4.11. The minimum Gasteiger partial charge on any atom is -0.459 e. The maximum Gasteiger partial charge on any atom is 0.411 e. The quantitative estimate of drug-likeness (QED) is 0.743. The van der Waals surface area contributed by atoms with E-state index in [1.165, 1.54) is 0 Å². The number of rotatable bonds is 3. The van der Waals surface area contributed by atoms with Gasteiger partial charge >= 0.3 is 12.1 Å². The van der Waals surface area contributed by atoms with Gasteiger partial charge in [-0.05, 0) is 39.0 Å². The van der Waals surface area contributed by atoms with Crippen LogP contribution in [0.25, 0.3) is 0 Å². The normalized spacial score (nSPS) is 31.1. The number of alkyl halides is 3. The second kappa shape index (κ2) is 7.42. The van der Waals surface area contributed by atoms with E-state index in [-0.39, 0.29) is 36.6 Å². The van der Waals surface area contributed by atoms with Crippen molar-refractivity contribution in [3.05, 3.63) is 6.33 Å². The van der Waals surface area contributed by atoms with Gasteiger partial charge in [-0.1, -0.05) is 0 Å². The van der Waals surface area contributed by atoms with Crippen LogP contribution >= 0.6 is 0 Å². The summed E-state index contributed by atoms with van der Waals surface area (Å²) in [7, 11) is 0. The Bertz CT molecular complexity index is 825. The van der Waals surface area contributed by atoms with Crippen LogP contribution in [0, 0.1) is 11.8 Å². The fraction of sp³-hybridized carbons (Fsp3) is 0.789. The number of esters is 1. The van der Waals surface area contributed by atoms with E-state index in [1.54, 1.807) is 4.90 Å². The molecule has 0 aromatic carbocycles. The van der Waals surface area contributed by atoms with Gasteiger partial charge in [0.15, 0.2) is 6.04 Å². The molecule has 166 valence electrons. The first-order valence-electron chi connectivity index (χ1n) is 10.3. The lowest BCUT2D eigenvalue weighted by atomic mass is 9.85. The predicted octanol–water partition coefficient (Wildman–Crippen LogP) is 2.54. The van der Waals surface area contributed by atoms with Gasteiger partial charge in [-0.25, -0.2) is 4.68 Å². The molecule has 8 nitrogen and oxygen atoms in total. The zero-order valence-corrected chi connectivity index (χ0v) is 17.0. The van der Waals surface area contributed by atoms with Gasteiger partial charge in [0, 0.05) is 32.0 Å². The molecule has 3 aliphatic rings. The number of amides is 1. The first kappa shape index (κ1) is 20.9. The smallest absolute Gasteiger partial charge is 0.411 e. The van der Waals surface area contributed by atoms with Crippen LogP contribution in [-0.2, 0) is 14.3 Å². The number of carbonyl (C=O) groups excluding carboxylic acids is 2. The number of anilines is 1. The van der Waals surface area contributed by atoms with Gasteiger partial charge < -0.3 is 15.0 Å². The molecule has 0 radical (unpaired) electrons. The molecular formula is C19H26F3N5O3. The van der Waals surface area contributed by atoms with Gasteiger partial charge in [0.1, 0.15) is 11.9 Å². The molecule has 11 heteroatoms. The Morgan fingerprint density at radius 3 is 2.83 bits per heavy atom. The number of likely N-dealkylation sites (tertiary alicyclic amines) is 1. The number of halogens is 3. The summed E-state index contributed by atoms with van der Waals surface area (Å²) in [5.41, 5.74) is -0.568. The van der Waals surface area contributed by atoms with Crippen molar-refractivity contribution in [2.75, 3.05) is 18.4 Å². The van der Waals surface area contributed by atoms with Crippen molar-refractivity contribution in [3.63, 3.8) is 0 Å². The van der Waals surface area contributed by atoms with Crippen molar-refractivity contribution in [2.45, 2.75) is 69.8 Å². The average molecular weight is 429 g/mol. The van der Waals surface area contributed by atoms with Crippen LogP contribution in [0.4, 0.5) is 19.1 Å². The summed E-state index contributed by atoms with van der Waals surface area (Å²) in [4.78, 5) is 30.4. The lowest BCUT2D eigenvalue weighted by molar-refractivity contribution is -0.175. The molecule has 2 saturated heterocycles. The SMILES string of the molecule is CC1(C)C[C@H](CC(=O)N2CCC[C@H]([C@@H]3C[C@H](C(F)(F)F)n4ncnc4N3)C2)C(=O)O1. The number of fused-ring (bicyclic) bond motifs is 1. The lowest BCUT2D eigenvalue weighted by Gasteiger charge is -2.41. The molecule has 4 atom stereocenters. The zero-order valence-electron chi connectivity index (χ0n) is 17.0. The maximum atomic E-state index is 13.5. The molecule has 1 aromatic heterocycles. The maximum absolute atomic E-state index is 13.5. The Morgan fingerprint density at radius 1 is 1.40 bits per heavy atom. The van der Waals surface area contributed by atoms with Crippen LogP contribution in [0.1, 0.15) is 52.0 Å². The molecule has 3 aliphatic heterocycles. The van der Waals surface area contributed by atoms with Crippen molar-refractivity contribution in [1.82, 2.24) is 19.7 Å². The Kier molecular flexibility index (Phi) is 5.17. The molecule has 0 bridgehead atoms. The third-order valence-electron chi connectivity index (χ3n) is 6.29. The van der Waals surface area contributed by atoms with E-state index >= 15 is 0 Å². The molecule has 0 spiro atoms. The van der Waals surface area contributed by atoms with E-state index in [2.05, 4.69) is 15.4 Å².